The maximum Gasteiger partial charge on any atom is 0.148 e. The quantitative estimate of drug-likeness (QED) is 0.793. The minimum Gasteiger partial charge on any atom is -0.375 e. The van der Waals surface area contributed by atoms with Crippen LogP contribution in [0.15, 0.2) is 23.6 Å². The number of hydrogen-bond donors (Lipinski definition) is 1. The number of nitrogens with zero attached hydrogens (tertiary/aromatic N) is 2. The summed E-state index contributed by atoms with van der Waals surface area (Å²) in [7, 11) is 0. The van der Waals surface area contributed by atoms with Gasteiger partial charge in [-0.15, -0.1) is 11.3 Å². The highest BCUT2D eigenvalue weighted by molar-refractivity contribution is 7.09. The number of nitrogens with one attached hydrogen (secondary N) is 1. The van der Waals surface area contributed by atoms with E-state index in [0.717, 1.165) is 29.5 Å². The third-order valence-corrected chi connectivity index (χ3v) is 5.27. The first-order chi connectivity index (χ1) is 11.7. The zero-order chi connectivity index (χ0) is 16.9. The average Bonchev–Trinajstić information content (AvgIpc) is 3.25. The average molecular weight is 349 g/mol. The predicted molar refractivity (Wildman–Crippen MR) is 97.3 cm³/mol. The molecule has 2 aromatic rings. The van der Waals surface area contributed by atoms with Gasteiger partial charge in [0.05, 0.1) is 23.6 Å². The van der Waals surface area contributed by atoms with Crippen LogP contribution in [0.1, 0.15) is 43.5 Å². The maximum atomic E-state index is 14.3. The van der Waals surface area contributed by atoms with E-state index in [1.165, 1.54) is 18.9 Å². The number of para-hydroxylation sites is 1. The molecule has 1 fully saturated rings. The summed E-state index contributed by atoms with van der Waals surface area (Å²) in [6.45, 7) is 7.14. The summed E-state index contributed by atoms with van der Waals surface area (Å²) in [4.78, 5) is 6.84. The second kappa shape index (κ2) is 7.94. The molecule has 1 aliphatic heterocycles. The van der Waals surface area contributed by atoms with Crippen LogP contribution < -0.4 is 10.2 Å². The molecule has 0 bridgehead atoms. The largest absolute Gasteiger partial charge is 0.375 e. The lowest BCUT2D eigenvalue weighted by Crippen LogP contribution is -2.20. The van der Waals surface area contributed by atoms with E-state index >= 15 is 0 Å². The molecule has 24 heavy (non-hydrogen) atoms. The normalized spacial score (nSPS) is 15.7. The fourth-order valence-electron chi connectivity index (χ4n) is 3.00. The molecule has 1 atom stereocenters. The van der Waals surface area contributed by atoms with Crippen molar-refractivity contribution in [2.75, 3.05) is 29.9 Å². The number of rotatable bonds is 7. The van der Waals surface area contributed by atoms with Crippen molar-refractivity contribution >= 4 is 22.7 Å². The van der Waals surface area contributed by atoms with Gasteiger partial charge in [0.15, 0.2) is 0 Å². The van der Waals surface area contributed by atoms with Gasteiger partial charge < -0.3 is 15.0 Å². The molecule has 0 aliphatic carbocycles. The molecule has 0 spiro atoms. The number of anilines is 2. The lowest BCUT2D eigenvalue weighted by molar-refractivity contribution is 0.0761. The van der Waals surface area contributed by atoms with Gasteiger partial charge in [0.25, 0.3) is 0 Å². The summed E-state index contributed by atoms with van der Waals surface area (Å²) in [6, 6.07) is 5.27. The van der Waals surface area contributed by atoms with Crippen molar-refractivity contribution < 1.29 is 9.13 Å². The Morgan fingerprint density at radius 3 is 2.92 bits per heavy atom. The van der Waals surface area contributed by atoms with Gasteiger partial charge in [-0.3, -0.25) is 0 Å². The molecule has 0 unspecified atom stereocenters. The molecular weight excluding hydrogens is 325 g/mol. The molecule has 0 radical (unpaired) electrons. The number of thiazole rings is 1. The van der Waals surface area contributed by atoms with Crippen LogP contribution in [0.2, 0.25) is 0 Å². The van der Waals surface area contributed by atoms with Crippen LogP contribution in [0.3, 0.4) is 0 Å². The maximum absolute atomic E-state index is 14.3. The second-order valence-electron chi connectivity index (χ2n) is 5.96. The predicted octanol–water partition coefficient (Wildman–Crippen LogP) is 4.59. The van der Waals surface area contributed by atoms with Crippen molar-refractivity contribution in [2.24, 2.45) is 0 Å². The van der Waals surface area contributed by atoms with Crippen LogP contribution in [-0.4, -0.2) is 24.7 Å². The van der Waals surface area contributed by atoms with Crippen LogP contribution >= 0.6 is 11.3 Å². The van der Waals surface area contributed by atoms with E-state index in [1.807, 2.05) is 25.3 Å². The van der Waals surface area contributed by atoms with Gasteiger partial charge in [-0.25, -0.2) is 9.37 Å². The summed E-state index contributed by atoms with van der Waals surface area (Å²) in [5.41, 5.74) is 2.44. The first-order valence-corrected chi connectivity index (χ1v) is 9.40. The SMILES string of the molecule is CCO[C@@H](C)c1nc(CNc2c(F)cccc2N2CCCC2)cs1. The van der Waals surface area contributed by atoms with E-state index in [1.54, 1.807) is 17.4 Å². The summed E-state index contributed by atoms with van der Waals surface area (Å²) < 4.78 is 19.9. The van der Waals surface area contributed by atoms with Crippen LogP contribution in [-0.2, 0) is 11.3 Å². The van der Waals surface area contributed by atoms with Crippen molar-refractivity contribution in [1.82, 2.24) is 4.98 Å². The second-order valence-corrected chi connectivity index (χ2v) is 6.85. The van der Waals surface area contributed by atoms with Crippen LogP contribution in [0.25, 0.3) is 0 Å². The van der Waals surface area contributed by atoms with E-state index in [9.17, 15) is 4.39 Å². The minimum absolute atomic E-state index is 0.00220. The Bertz CT molecular complexity index is 670. The van der Waals surface area contributed by atoms with Crippen molar-refractivity contribution in [3.05, 3.63) is 40.1 Å². The fourth-order valence-corrected chi connectivity index (χ4v) is 3.82. The lowest BCUT2D eigenvalue weighted by atomic mass is 10.2. The summed E-state index contributed by atoms with van der Waals surface area (Å²) in [5.74, 6) is -0.211. The van der Waals surface area contributed by atoms with Crippen LogP contribution in [0.5, 0.6) is 0 Å². The molecule has 0 saturated carbocycles. The molecule has 130 valence electrons. The highest BCUT2D eigenvalue weighted by atomic mass is 32.1. The Labute approximate surface area is 146 Å². The smallest absolute Gasteiger partial charge is 0.148 e. The Kier molecular flexibility index (Phi) is 5.68. The van der Waals surface area contributed by atoms with Gasteiger partial charge in [0.1, 0.15) is 16.9 Å². The summed E-state index contributed by atoms with van der Waals surface area (Å²) in [5, 5.41) is 6.21. The fraction of sp³-hybridized carbons (Fsp3) is 0.500. The van der Waals surface area contributed by atoms with E-state index in [4.69, 9.17) is 4.74 Å². The van der Waals surface area contributed by atoms with Gasteiger partial charge in [-0.1, -0.05) is 6.07 Å². The van der Waals surface area contributed by atoms with Crippen molar-refractivity contribution in [1.29, 1.82) is 0 Å². The van der Waals surface area contributed by atoms with Gasteiger partial charge in [0, 0.05) is 25.1 Å². The Hall–Kier alpha value is -1.66. The Morgan fingerprint density at radius 2 is 2.17 bits per heavy atom. The summed E-state index contributed by atoms with van der Waals surface area (Å²) >= 11 is 1.59. The van der Waals surface area contributed by atoms with Gasteiger partial charge >= 0.3 is 0 Å². The molecule has 1 aromatic heterocycles. The molecule has 1 saturated heterocycles. The molecule has 0 amide bonds. The molecule has 2 heterocycles. The standard InChI is InChI=1S/C18H24FN3OS/c1-3-23-13(2)18-21-14(12-24-18)11-20-17-15(19)7-6-8-16(17)22-9-4-5-10-22/h6-8,12-13,20H,3-5,9-11H2,1-2H3/t13-/m0/s1. The topological polar surface area (TPSA) is 37.4 Å². The zero-order valence-electron chi connectivity index (χ0n) is 14.2. The van der Waals surface area contributed by atoms with Gasteiger partial charge in [-0.05, 0) is 38.8 Å². The lowest BCUT2D eigenvalue weighted by Gasteiger charge is -2.22. The third kappa shape index (κ3) is 3.87. The van der Waals surface area contributed by atoms with E-state index in [2.05, 4.69) is 15.2 Å². The van der Waals surface area contributed by atoms with E-state index in [0.29, 0.717) is 18.8 Å². The highest BCUT2D eigenvalue weighted by Crippen LogP contribution is 2.31. The first-order valence-electron chi connectivity index (χ1n) is 8.52. The van der Waals surface area contributed by atoms with Crippen LogP contribution in [0.4, 0.5) is 15.8 Å². The van der Waals surface area contributed by atoms with E-state index < -0.39 is 0 Å². The summed E-state index contributed by atoms with van der Waals surface area (Å²) in [6.07, 6.45) is 2.34. The minimum atomic E-state index is -0.211. The number of halogens is 1. The van der Waals surface area contributed by atoms with E-state index in [-0.39, 0.29) is 11.9 Å². The number of hydrogen-bond acceptors (Lipinski definition) is 5. The monoisotopic (exact) mass is 349 g/mol. The number of ether oxygens (including phenoxy) is 1. The molecule has 6 heteroatoms. The first kappa shape index (κ1) is 17.2. The zero-order valence-corrected chi connectivity index (χ0v) is 15.0. The Balaban J connectivity index is 1.70. The molecule has 4 nitrogen and oxygen atoms in total. The number of aromatic nitrogens is 1. The molecular formula is C18H24FN3OS. The highest BCUT2D eigenvalue weighted by Gasteiger charge is 2.18. The molecule has 1 N–H and O–H groups in total. The van der Waals surface area contributed by atoms with Crippen molar-refractivity contribution in [2.45, 2.75) is 39.3 Å². The van der Waals surface area contributed by atoms with Gasteiger partial charge in [0.2, 0.25) is 0 Å². The molecule has 3 rings (SSSR count). The van der Waals surface area contributed by atoms with Gasteiger partial charge in [-0.2, -0.15) is 0 Å². The van der Waals surface area contributed by atoms with Crippen LogP contribution in [0, 0.1) is 5.82 Å². The third-order valence-electron chi connectivity index (χ3n) is 4.22. The Morgan fingerprint density at radius 1 is 1.38 bits per heavy atom. The van der Waals surface area contributed by atoms with Crippen molar-refractivity contribution in [3.63, 3.8) is 0 Å². The van der Waals surface area contributed by atoms with Crippen molar-refractivity contribution in [3.8, 4) is 0 Å². The molecule has 1 aliphatic rings. The molecule has 1 aromatic carbocycles. The number of benzene rings is 1.